The Kier molecular flexibility index (Phi) is 4.32. The number of anilines is 1. The number of fused-ring (bicyclic) bond motifs is 1. The van der Waals surface area contributed by atoms with Gasteiger partial charge in [-0.25, -0.2) is 0 Å². The summed E-state index contributed by atoms with van der Waals surface area (Å²) in [5, 5.41) is 8.96. The van der Waals surface area contributed by atoms with Crippen molar-refractivity contribution in [2.75, 3.05) is 18.0 Å². The summed E-state index contributed by atoms with van der Waals surface area (Å²) in [6.45, 7) is 1.01. The van der Waals surface area contributed by atoms with Crippen molar-refractivity contribution in [3.05, 3.63) is 29.4 Å². The molecule has 0 bridgehead atoms. The molecule has 108 valence electrons. The molecule has 0 N–H and O–H groups in total. The van der Waals surface area contributed by atoms with Crippen LogP contribution in [0.1, 0.15) is 13.3 Å². The van der Waals surface area contributed by atoms with Crippen LogP contribution in [-0.4, -0.2) is 29.5 Å². The zero-order valence-electron chi connectivity index (χ0n) is 10.8. The third kappa shape index (κ3) is 3.30. The third-order valence-electron chi connectivity index (χ3n) is 2.79. The molecule has 3 nitrogen and oxygen atoms in total. The molecule has 2 aromatic rings. The Labute approximate surface area is 119 Å². The Bertz CT molecular complexity index is 601. The lowest BCUT2D eigenvalue weighted by molar-refractivity contribution is -0.119. The summed E-state index contributed by atoms with van der Waals surface area (Å²) < 4.78 is 38.0. The van der Waals surface area contributed by atoms with Gasteiger partial charge in [0.15, 0.2) is 11.0 Å². The largest absolute Gasteiger partial charge is 0.405 e. The first-order valence-corrected chi connectivity index (χ1v) is 6.53. The first-order valence-electron chi connectivity index (χ1n) is 6.15. The molecule has 1 aromatic heterocycles. The van der Waals surface area contributed by atoms with Gasteiger partial charge in [0.25, 0.3) is 0 Å². The molecule has 0 aliphatic rings. The van der Waals surface area contributed by atoms with Gasteiger partial charge in [-0.2, -0.15) is 13.2 Å². The fourth-order valence-corrected chi connectivity index (χ4v) is 2.24. The Morgan fingerprint density at radius 3 is 2.40 bits per heavy atom. The van der Waals surface area contributed by atoms with Crippen molar-refractivity contribution < 1.29 is 13.2 Å². The summed E-state index contributed by atoms with van der Waals surface area (Å²) in [5.41, 5.74) is 0. The molecule has 0 radical (unpaired) electrons. The topological polar surface area (TPSA) is 29.0 Å². The smallest absolute Gasteiger partial charge is 0.346 e. The van der Waals surface area contributed by atoms with Gasteiger partial charge < -0.3 is 4.90 Å². The molecule has 1 aromatic carbocycles. The number of halogens is 4. The highest BCUT2D eigenvalue weighted by molar-refractivity contribution is 6.34. The predicted octanol–water partition coefficient (Wildman–Crippen LogP) is 4.06. The number of nitrogens with zero attached hydrogens (tertiary/aromatic N) is 3. The van der Waals surface area contributed by atoms with E-state index < -0.39 is 12.7 Å². The molecule has 0 aliphatic heterocycles. The van der Waals surface area contributed by atoms with Crippen molar-refractivity contribution in [2.45, 2.75) is 19.5 Å². The normalized spacial score (nSPS) is 11.8. The number of alkyl halides is 3. The minimum Gasteiger partial charge on any atom is -0.346 e. The summed E-state index contributed by atoms with van der Waals surface area (Å²) in [4.78, 5) is 1.19. The van der Waals surface area contributed by atoms with E-state index in [4.69, 9.17) is 11.6 Å². The zero-order chi connectivity index (χ0) is 14.8. The van der Waals surface area contributed by atoms with Crippen molar-refractivity contribution in [3.8, 4) is 0 Å². The van der Waals surface area contributed by atoms with E-state index in [2.05, 4.69) is 10.2 Å². The Hall–Kier alpha value is -1.56. The van der Waals surface area contributed by atoms with E-state index in [9.17, 15) is 13.2 Å². The van der Waals surface area contributed by atoms with Crippen LogP contribution in [0, 0.1) is 0 Å². The number of aromatic nitrogens is 2. The SMILES string of the molecule is CCCN(CC(F)(F)F)c1nnc(Cl)c2ccccc12. The molecule has 0 spiro atoms. The molecule has 0 fully saturated rings. The van der Waals surface area contributed by atoms with Crippen LogP contribution < -0.4 is 4.90 Å². The lowest BCUT2D eigenvalue weighted by Crippen LogP contribution is -2.35. The molecule has 2 rings (SSSR count). The number of hydrogen-bond acceptors (Lipinski definition) is 3. The molecule has 7 heteroatoms. The third-order valence-corrected chi connectivity index (χ3v) is 3.07. The molecule has 0 aliphatic carbocycles. The summed E-state index contributed by atoms with van der Waals surface area (Å²) in [6.07, 6.45) is -3.72. The average Bonchev–Trinajstić information content (AvgIpc) is 2.37. The number of hydrogen-bond donors (Lipinski definition) is 0. The van der Waals surface area contributed by atoms with Gasteiger partial charge in [-0.1, -0.05) is 42.8 Å². The van der Waals surface area contributed by atoms with Crippen LogP contribution in [0.2, 0.25) is 5.15 Å². The molecule has 0 unspecified atom stereocenters. The van der Waals surface area contributed by atoms with E-state index in [1.165, 1.54) is 4.90 Å². The van der Waals surface area contributed by atoms with Crippen molar-refractivity contribution in [1.29, 1.82) is 0 Å². The maximum Gasteiger partial charge on any atom is 0.405 e. The second-order valence-electron chi connectivity index (χ2n) is 4.40. The van der Waals surface area contributed by atoms with Crippen molar-refractivity contribution in [1.82, 2.24) is 10.2 Å². The second kappa shape index (κ2) is 5.83. The van der Waals surface area contributed by atoms with Crippen molar-refractivity contribution in [2.24, 2.45) is 0 Å². The summed E-state index contributed by atoms with van der Waals surface area (Å²) in [6, 6.07) is 6.91. The van der Waals surface area contributed by atoms with Crippen LogP contribution >= 0.6 is 11.6 Å². The fraction of sp³-hybridized carbons (Fsp3) is 0.385. The quantitative estimate of drug-likeness (QED) is 0.853. The van der Waals surface area contributed by atoms with Gasteiger partial charge in [0, 0.05) is 17.3 Å². The molecule has 0 atom stereocenters. The van der Waals surface area contributed by atoms with E-state index in [-0.39, 0.29) is 17.5 Å². The molecular formula is C13H13ClF3N3. The lowest BCUT2D eigenvalue weighted by Gasteiger charge is -2.25. The first-order chi connectivity index (χ1) is 9.42. The Morgan fingerprint density at radius 2 is 1.80 bits per heavy atom. The van der Waals surface area contributed by atoms with Crippen LogP contribution in [0.4, 0.5) is 19.0 Å². The highest BCUT2D eigenvalue weighted by Crippen LogP contribution is 2.30. The Morgan fingerprint density at radius 1 is 1.15 bits per heavy atom. The van der Waals surface area contributed by atoms with E-state index >= 15 is 0 Å². The van der Waals surface area contributed by atoms with Gasteiger partial charge in [0.2, 0.25) is 0 Å². The molecule has 20 heavy (non-hydrogen) atoms. The highest BCUT2D eigenvalue weighted by Gasteiger charge is 2.32. The minimum atomic E-state index is -4.29. The van der Waals surface area contributed by atoms with E-state index in [0.29, 0.717) is 17.2 Å². The molecular weight excluding hydrogens is 291 g/mol. The number of rotatable bonds is 4. The summed E-state index contributed by atoms with van der Waals surface area (Å²) >= 11 is 5.93. The summed E-state index contributed by atoms with van der Waals surface area (Å²) in [7, 11) is 0. The second-order valence-corrected chi connectivity index (χ2v) is 4.75. The van der Waals surface area contributed by atoms with Gasteiger partial charge in [-0.05, 0) is 6.42 Å². The van der Waals surface area contributed by atoms with E-state index in [1.807, 2.05) is 6.92 Å². The van der Waals surface area contributed by atoms with Crippen LogP contribution in [0.25, 0.3) is 10.8 Å². The maximum atomic E-state index is 12.7. The van der Waals surface area contributed by atoms with Crippen LogP contribution in [-0.2, 0) is 0 Å². The Balaban J connectivity index is 2.51. The zero-order valence-corrected chi connectivity index (χ0v) is 11.5. The van der Waals surface area contributed by atoms with Gasteiger partial charge >= 0.3 is 6.18 Å². The average molecular weight is 304 g/mol. The standard InChI is InChI=1S/C13H13ClF3N3/c1-2-7-20(8-13(15,16)17)12-10-6-4-3-5-9(10)11(14)18-19-12/h3-6H,2,7-8H2,1H3. The molecule has 0 saturated carbocycles. The van der Waals surface area contributed by atoms with E-state index in [0.717, 1.165) is 0 Å². The lowest BCUT2D eigenvalue weighted by atomic mass is 10.2. The fourth-order valence-electron chi connectivity index (χ4n) is 2.04. The molecule has 1 heterocycles. The molecule has 0 saturated heterocycles. The van der Waals surface area contributed by atoms with Gasteiger partial charge in [0.05, 0.1) is 0 Å². The first kappa shape index (κ1) is 14.8. The van der Waals surface area contributed by atoms with Crippen LogP contribution in [0.5, 0.6) is 0 Å². The van der Waals surface area contributed by atoms with Gasteiger partial charge in [-0.3, -0.25) is 0 Å². The monoisotopic (exact) mass is 303 g/mol. The maximum absolute atomic E-state index is 12.7. The van der Waals surface area contributed by atoms with E-state index in [1.54, 1.807) is 24.3 Å². The predicted molar refractivity (Wildman–Crippen MR) is 73.1 cm³/mol. The number of benzene rings is 1. The van der Waals surface area contributed by atoms with Gasteiger partial charge in [0.1, 0.15) is 6.54 Å². The van der Waals surface area contributed by atoms with Crippen LogP contribution in [0.15, 0.2) is 24.3 Å². The van der Waals surface area contributed by atoms with Gasteiger partial charge in [-0.15, -0.1) is 10.2 Å². The van der Waals surface area contributed by atoms with Crippen LogP contribution in [0.3, 0.4) is 0 Å². The van der Waals surface area contributed by atoms with Crippen molar-refractivity contribution in [3.63, 3.8) is 0 Å². The highest BCUT2D eigenvalue weighted by atomic mass is 35.5. The molecule has 0 amide bonds. The minimum absolute atomic E-state index is 0.188. The summed E-state index contributed by atoms with van der Waals surface area (Å²) in [5.74, 6) is 0.212. The van der Waals surface area contributed by atoms with Crippen molar-refractivity contribution >= 4 is 28.2 Å².